The van der Waals surface area contributed by atoms with Crippen molar-refractivity contribution in [3.63, 3.8) is 0 Å². The molecule has 0 aliphatic heterocycles. The van der Waals surface area contributed by atoms with Gasteiger partial charge in [-0.1, -0.05) is 34.8 Å². The molecule has 2 aromatic rings. The molecule has 0 fully saturated rings. The van der Waals surface area contributed by atoms with Gasteiger partial charge in [0.1, 0.15) is 0 Å². The predicted octanol–water partition coefficient (Wildman–Crippen LogP) is 4.77. The Morgan fingerprint density at radius 3 is 2.45 bits per heavy atom. The summed E-state index contributed by atoms with van der Waals surface area (Å²) in [5, 5.41) is 12.3. The number of carbonyl (C=O) groups excluding carboxylic acids is 1. The summed E-state index contributed by atoms with van der Waals surface area (Å²) >= 11 is 17.8. The number of anilines is 1. The molecular weight excluding hydrogens is 319 g/mol. The lowest BCUT2D eigenvalue weighted by atomic mass is 10.2. The van der Waals surface area contributed by atoms with Gasteiger partial charge in [-0.25, -0.2) is 0 Å². The molecule has 0 heterocycles. The van der Waals surface area contributed by atoms with E-state index in [1.807, 2.05) is 6.07 Å². The quantitative estimate of drug-likeness (QED) is 0.864. The largest absolute Gasteiger partial charge is 0.321 e. The normalized spacial score (nSPS) is 9.90. The zero-order valence-corrected chi connectivity index (χ0v) is 12.2. The molecule has 0 saturated carbocycles. The highest BCUT2D eigenvalue weighted by atomic mass is 35.5. The van der Waals surface area contributed by atoms with Crippen LogP contribution < -0.4 is 5.32 Å². The van der Waals surface area contributed by atoms with E-state index in [1.54, 1.807) is 24.3 Å². The van der Waals surface area contributed by atoms with Gasteiger partial charge >= 0.3 is 0 Å². The lowest BCUT2D eigenvalue weighted by molar-refractivity contribution is 0.102. The smallest absolute Gasteiger partial charge is 0.257 e. The Labute approximate surface area is 130 Å². The second kappa shape index (κ2) is 6.15. The molecule has 1 amide bonds. The topological polar surface area (TPSA) is 52.9 Å². The second-order valence-electron chi connectivity index (χ2n) is 3.88. The minimum Gasteiger partial charge on any atom is -0.321 e. The lowest BCUT2D eigenvalue weighted by Crippen LogP contribution is -2.12. The van der Waals surface area contributed by atoms with Crippen LogP contribution in [0.1, 0.15) is 15.9 Å². The van der Waals surface area contributed by atoms with Crippen LogP contribution in [0.2, 0.25) is 15.1 Å². The van der Waals surface area contributed by atoms with E-state index in [0.717, 1.165) is 0 Å². The number of benzene rings is 2. The summed E-state index contributed by atoms with van der Waals surface area (Å²) in [6.07, 6.45) is 0. The van der Waals surface area contributed by atoms with Gasteiger partial charge in [-0.3, -0.25) is 4.79 Å². The van der Waals surface area contributed by atoms with Gasteiger partial charge in [0.25, 0.3) is 5.91 Å². The van der Waals surface area contributed by atoms with Gasteiger partial charge in [0.15, 0.2) is 0 Å². The summed E-state index contributed by atoms with van der Waals surface area (Å²) < 4.78 is 0. The first-order valence-electron chi connectivity index (χ1n) is 5.47. The van der Waals surface area contributed by atoms with Crippen LogP contribution in [0.4, 0.5) is 5.69 Å². The summed E-state index contributed by atoms with van der Waals surface area (Å²) in [4.78, 5) is 12.1. The maximum Gasteiger partial charge on any atom is 0.257 e. The van der Waals surface area contributed by atoms with Crippen molar-refractivity contribution >= 4 is 46.4 Å². The summed E-state index contributed by atoms with van der Waals surface area (Å²) in [6.45, 7) is 0. The molecule has 0 spiro atoms. The molecule has 100 valence electrons. The Bertz CT molecular complexity index is 723. The first-order chi connectivity index (χ1) is 9.51. The molecule has 0 bridgehead atoms. The Kier molecular flexibility index (Phi) is 4.51. The van der Waals surface area contributed by atoms with E-state index in [9.17, 15) is 4.79 Å². The lowest BCUT2D eigenvalue weighted by Gasteiger charge is -2.09. The molecule has 2 aromatic carbocycles. The monoisotopic (exact) mass is 324 g/mol. The van der Waals surface area contributed by atoms with Crippen LogP contribution in [0.3, 0.4) is 0 Å². The number of hydrogen-bond donors (Lipinski definition) is 1. The van der Waals surface area contributed by atoms with Gasteiger partial charge in [0.2, 0.25) is 0 Å². The van der Waals surface area contributed by atoms with Gasteiger partial charge in [-0.15, -0.1) is 0 Å². The molecule has 0 unspecified atom stereocenters. The van der Waals surface area contributed by atoms with Crippen molar-refractivity contribution in [1.82, 2.24) is 0 Å². The van der Waals surface area contributed by atoms with E-state index < -0.39 is 5.91 Å². The van der Waals surface area contributed by atoms with E-state index in [4.69, 9.17) is 40.1 Å². The van der Waals surface area contributed by atoms with Crippen LogP contribution in [-0.2, 0) is 0 Å². The molecule has 3 nitrogen and oxygen atoms in total. The van der Waals surface area contributed by atoms with Crippen molar-refractivity contribution in [2.75, 3.05) is 5.32 Å². The third-order valence-corrected chi connectivity index (χ3v) is 3.40. The minimum absolute atomic E-state index is 0.250. The maximum absolute atomic E-state index is 12.1. The molecule has 1 N–H and O–H groups in total. The number of hydrogen-bond acceptors (Lipinski definition) is 2. The van der Waals surface area contributed by atoms with Crippen molar-refractivity contribution in [1.29, 1.82) is 5.26 Å². The molecule has 0 atom stereocenters. The number of halogens is 3. The van der Waals surface area contributed by atoms with Crippen LogP contribution in [0.15, 0.2) is 36.4 Å². The number of carbonyl (C=O) groups is 1. The first-order valence-corrected chi connectivity index (χ1v) is 6.60. The average molecular weight is 326 g/mol. The molecule has 0 aliphatic rings. The number of amides is 1. The van der Waals surface area contributed by atoms with E-state index in [0.29, 0.717) is 16.3 Å². The van der Waals surface area contributed by atoms with Crippen molar-refractivity contribution < 1.29 is 4.79 Å². The summed E-state index contributed by atoms with van der Waals surface area (Å²) in [5.41, 5.74) is 1.06. The third kappa shape index (κ3) is 3.23. The van der Waals surface area contributed by atoms with E-state index in [-0.39, 0.29) is 15.6 Å². The van der Waals surface area contributed by atoms with Crippen molar-refractivity contribution in [2.45, 2.75) is 0 Å². The van der Waals surface area contributed by atoms with Crippen LogP contribution in [-0.4, -0.2) is 5.91 Å². The standard InChI is InChI=1S/C14H7Cl3N2O/c15-9-2-3-11(16)10(6-9)14(20)19-13-4-1-8(7-18)5-12(13)17/h1-6H,(H,19,20). The number of nitrogens with zero attached hydrogens (tertiary/aromatic N) is 1. The van der Waals surface area contributed by atoms with Crippen LogP contribution in [0, 0.1) is 11.3 Å². The van der Waals surface area contributed by atoms with Crippen molar-refractivity contribution in [3.05, 3.63) is 62.6 Å². The van der Waals surface area contributed by atoms with E-state index >= 15 is 0 Å². The fourth-order valence-electron chi connectivity index (χ4n) is 1.55. The minimum atomic E-state index is -0.427. The fourth-order valence-corrected chi connectivity index (χ4v) is 2.15. The Balaban J connectivity index is 2.28. The molecule has 0 aliphatic carbocycles. The van der Waals surface area contributed by atoms with Crippen LogP contribution >= 0.6 is 34.8 Å². The molecule has 0 saturated heterocycles. The molecule has 20 heavy (non-hydrogen) atoms. The highest BCUT2D eigenvalue weighted by molar-refractivity contribution is 6.37. The van der Waals surface area contributed by atoms with Crippen LogP contribution in [0.5, 0.6) is 0 Å². The molecule has 0 aromatic heterocycles. The van der Waals surface area contributed by atoms with Gasteiger partial charge in [-0.05, 0) is 36.4 Å². The summed E-state index contributed by atoms with van der Waals surface area (Å²) in [5.74, 6) is -0.427. The SMILES string of the molecule is N#Cc1ccc(NC(=O)c2cc(Cl)ccc2Cl)c(Cl)c1. The zero-order chi connectivity index (χ0) is 14.7. The fraction of sp³-hybridized carbons (Fsp3) is 0. The molecule has 6 heteroatoms. The molecular formula is C14H7Cl3N2O. The molecule has 2 rings (SSSR count). The summed E-state index contributed by atoms with van der Waals surface area (Å²) in [7, 11) is 0. The third-order valence-electron chi connectivity index (χ3n) is 2.52. The highest BCUT2D eigenvalue weighted by Gasteiger charge is 2.13. The summed E-state index contributed by atoms with van der Waals surface area (Å²) in [6, 6.07) is 11.1. The number of nitriles is 1. The van der Waals surface area contributed by atoms with Gasteiger partial charge in [0.05, 0.1) is 32.9 Å². The molecule has 0 radical (unpaired) electrons. The van der Waals surface area contributed by atoms with Crippen LogP contribution in [0.25, 0.3) is 0 Å². The maximum atomic E-state index is 12.1. The van der Waals surface area contributed by atoms with Gasteiger partial charge in [-0.2, -0.15) is 5.26 Å². The first kappa shape index (κ1) is 14.7. The Morgan fingerprint density at radius 2 is 1.80 bits per heavy atom. The van der Waals surface area contributed by atoms with Crippen molar-refractivity contribution in [3.8, 4) is 6.07 Å². The van der Waals surface area contributed by atoms with Gasteiger partial charge in [0, 0.05) is 5.02 Å². The number of nitrogens with one attached hydrogen (secondary N) is 1. The average Bonchev–Trinajstić information content (AvgIpc) is 2.43. The second-order valence-corrected chi connectivity index (χ2v) is 5.14. The van der Waals surface area contributed by atoms with Gasteiger partial charge < -0.3 is 5.32 Å². The Hall–Kier alpha value is -1.73. The van der Waals surface area contributed by atoms with E-state index in [2.05, 4.69) is 5.32 Å². The number of rotatable bonds is 2. The van der Waals surface area contributed by atoms with E-state index in [1.165, 1.54) is 12.1 Å². The van der Waals surface area contributed by atoms with Crippen molar-refractivity contribution in [2.24, 2.45) is 0 Å². The Morgan fingerprint density at radius 1 is 1.05 bits per heavy atom. The predicted molar refractivity (Wildman–Crippen MR) is 80.6 cm³/mol. The zero-order valence-electron chi connectivity index (χ0n) is 9.95. The highest BCUT2D eigenvalue weighted by Crippen LogP contribution is 2.26.